The number of anilines is 1. The zero-order valence-corrected chi connectivity index (χ0v) is 18.3. The average molecular weight is 419 g/mol. The maximum absolute atomic E-state index is 12.8. The largest absolute Gasteiger partial charge is 0.342 e. The van der Waals surface area contributed by atoms with Crippen molar-refractivity contribution in [1.82, 2.24) is 14.9 Å². The molecule has 0 aliphatic carbocycles. The van der Waals surface area contributed by atoms with Gasteiger partial charge in [-0.15, -0.1) is 0 Å². The van der Waals surface area contributed by atoms with Crippen LogP contribution < -0.4 is 5.32 Å². The van der Waals surface area contributed by atoms with Gasteiger partial charge in [-0.05, 0) is 61.1 Å². The van der Waals surface area contributed by atoms with Gasteiger partial charge in [-0.2, -0.15) is 0 Å². The van der Waals surface area contributed by atoms with Crippen LogP contribution in [0.25, 0.3) is 11.0 Å². The van der Waals surface area contributed by atoms with Crippen LogP contribution in [0.4, 0.5) is 5.69 Å². The summed E-state index contributed by atoms with van der Waals surface area (Å²) in [6.45, 7) is 5.77. The highest BCUT2D eigenvalue weighted by molar-refractivity contribution is 5.97. The van der Waals surface area contributed by atoms with Crippen molar-refractivity contribution in [3.8, 4) is 0 Å². The molecule has 0 radical (unpaired) electrons. The first-order valence-electron chi connectivity index (χ1n) is 11.2. The Morgan fingerprint density at radius 3 is 2.55 bits per heavy atom. The molecule has 2 heterocycles. The topological polar surface area (TPSA) is 78.1 Å². The minimum absolute atomic E-state index is 0.0164. The maximum atomic E-state index is 12.8. The number of nitrogens with zero attached hydrogens (tertiary/aromatic N) is 2. The number of H-pyrrole nitrogens is 1. The molecule has 6 nitrogen and oxygen atoms in total. The number of nitrogens with one attached hydrogen (secondary N) is 2. The predicted octanol–water partition coefficient (Wildman–Crippen LogP) is 4.57. The SMILES string of the molecule is CCC(=O)Nc1ccc(CCc2nc3ccc(C(=O)N4CCC(C)CC4)cc3[nH]2)cc1. The molecule has 4 rings (SSSR count). The van der Waals surface area contributed by atoms with Gasteiger partial charge in [0, 0.05) is 37.2 Å². The van der Waals surface area contributed by atoms with E-state index in [4.69, 9.17) is 0 Å². The van der Waals surface area contributed by atoms with E-state index in [1.807, 2.05) is 54.3 Å². The van der Waals surface area contributed by atoms with Crippen molar-refractivity contribution in [3.63, 3.8) is 0 Å². The van der Waals surface area contributed by atoms with Crippen LogP contribution in [0.1, 0.15) is 54.9 Å². The van der Waals surface area contributed by atoms with Crippen molar-refractivity contribution in [2.75, 3.05) is 18.4 Å². The molecule has 1 saturated heterocycles. The molecule has 0 saturated carbocycles. The molecule has 6 heteroatoms. The van der Waals surface area contributed by atoms with Gasteiger partial charge in [-0.1, -0.05) is 26.0 Å². The minimum atomic E-state index is 0.0164. The highest BCUT2D eigenvalue weighted by Gasteiger charge is 2.21. The summed E-state index contributed by atoms with van der Waals surface area (Å²) in [5, 5.41) is 2.86. The highest BCUT2D eigenvalue weighted by atomic mass is 16.2. The average Bonchev–Trinajstić information content (AvgIpc) is 3.20. The van der Waals surface area contributed by atoms with E-state index in [2.05, 4.69) is 22.2 Å². The number of carbonyl (C=O) groups excluding carboxylic acids is 2. The second kappa shape index (κ2) is 9.33. The standard InChI is InChI=1S/C25H30N4O2/c1-3-24(30)26-20-8-4-18(5-9-20)6-11-23-27-21-10-7-19(16-22(21)28-23)25(31)29-14-12-17(2)13-15-29/h4-5,7-10,16-17H,3,6,11-15H2,1-2H3,(H,26,30)(H,27,28). The zero-order valence-electron chi connectivity index (χ0n) is 18.3. The van der Waals surface area contributed by atoms with Crippen molar-refractivity contribution in [2.45, 2.75) is 46.0 Å². The Balaban J connectivity index is 1.39. The Hall–Kier alpha value is -3.15. The number of amides is 2. The number of rotatable bonds is 6. The van der Waals surface area contributed by atoms with E-state index in [0.717, 1.165) is 66.9 Å². The smallest absolute Gasteiger partial charge is 0.253 e. The number of hydrogen-bond donors (Lipinski definition) is 2. The van der Waals surface area contributed by atoms with Crippen LogP contribution in [-0.4, -0.2) is 39.8 Å². The second-order valence-electron chi connectivity index (χ2n) is 8.49. The lowest BCUT2D eigenvalue weighted by Gasteiger charge is -2.30. The molecule has 2 amide bonds. The van der Waals surface area contributed by atoms with E-state index in [1.54, 1.807) is 0 Å². The molecule has 3 aromatic rings. The Morgan fingerprint density at radius 1 is 1.10 bits per heavy atom. The molecule has 1 fully saturated rings. The van der Waals surface area contributed by atoms with Gasteiger partial charge >= 0.3 is 0 Å². The summed E-state index contributed by atoms with van der Waals surface area (Å²) < 4.78 is 0. The van der Waals surface area contributed by atoms with E-state index >= 15 is 0 Å². The third-order valence-corrected chi connectivity index (χ3v) is 6.06. The number of aryl methyl sites for hydroxylation is 2. The Morgan fingerprint density at radius 2 is 1.84 bits per heavy atom. The number of benzene rings is 2. The monoisotopic (exact) mass is 418 g/mol. The Labute approximate surface area is 183 Å². The summed E-state index contributed by atoms with van der Waals surface area (Å²) in [7, 11) is 0. The Bertz CT molecular complexity index is 1060. The van der Waals surface area contributed by atoms with Crippen molar-refractivity contribution >= 4 is 28.5 Å². The number of piperidine rings is 1. The van der Waals surface area contributed by atoms with E-state index < -0.39 is 0 Å². The fourth-order valence-electron chi connectivity index (χ4n) is 3.98. The molecule has 31 heavy (non-hydrogen) atoms. The molecule has 1 aliphatic rings. The normalized spacial score (nSPS) is 14.7. The molecular weight excluding hydrogens is 388 g/mol. The molecule has 162 valence electrons. The van der Waals surface area contributed by atoms with Gasteiger partial charge in [-0.25, -0.2) is 4.98 Å². The molecule has 0 spiro atoms. The van der Waals surface area contributed by atoms with Crippen LogP contribution in [0.15, 0.2) is 42.5 Å². The summed E-state index contributed by atoms with van der Waals surface area (Å²) in [4.78, 5) is 34.4. The fourth-order valence-corrected chi connectivity index (χ4v) is 3.98. The third-order valence-electron chi connectivity index (χ3n) is 6.06. The van der Waals surface area contributed by atoms with Gasteiger partial charge in [-0.3, -0.25) is 9.59 Å². The van der Waals surface area contributed by atoms with Gasteiger partial charge < -0.3 is 15.2 Å². The maximum Gasteiger partial charge on any atom is 0.253 e. The summed E-state index contributed by atoms with van der Waals surface area (Å²) >= 11 is 0. The lowest BCUT2D eigenvalue weighted by Crippen LogP contribution is -2.37. The Kier molecular flexibility index (Phi) is 6.35. The third kappa shape index (κ3) is 5.13. The summed E-state index contributed by atoms with van der Waals surface area (Å²) in [5.74, 6) is 1.74. The second-order valence-corrected chi connectivity index (χ2v) is 8.49. The van der Waals surface area contributed by atoms with Gasteiger partial charge in [0.15, 0.2) is 0 Å². The summed E-state index contributed by atoms with van der Waals surface area (Å²) in [5.41, 5.74) is 4.52. The molecule has 1 aromatic heterocycles. The van der Waals surface area contributed by atoms with E-state index in [1.165, 1.54) is 5.56 Å². The number of aromatic nitrogens is 2. The lowest BCUT2D eigenvalue weighted by molar-refractivity contribution is -0.115. The van der Waals surface area contributed by atoms with Gasteiger partial charge in [0.05, 0.1) is 11.0 Å². The molecule has 0 bridgehead atoms. The molecule has 0 atom stereocenters. The number of likely N-dealkylation sites (tertiary alicyclic amines) is 1. The van der Waals surface area contributed by atoms with Crippen molar-refractivity contribution in [2.24, 2.45) is 5.92 Å². The first-order valence-corrected chi connectivity index (χ1v) is 11.2. The number of carbonyl (C=O) groups is 2. The quantitative estimate of drug-likeness (QED) is 0.616. The molecular formula is C25H30N4O2. The minimum Gasteiger partial charge on any atom is -0.342 e. The van der Waals surface area contributed by atoms with Gasteiger partial charge in [0.2, 0.25) is 5.91 Å². The lowest BCUT2D eigenvalue weighted by atomic mass is 9.98. The van der Waals surface area contributed by atoms with Crippen LogP contribution in [0.3, 0.4) is 0 Å². The van der Waals surface area contributed by atoms with E-state index in [0.29, 0.717) is 12.3 Å². The van der Waals surface area contributed by atoms with Crippen LogP contribution in [0.5, 0.6) is 0 Å². The number of imidazole rings is 1. The molecule has 2 N–H and O–H groups in total. The van der Waals surface area contributed by atoms with E-state index in [9.17, 15) is 9.59 Å². The van der Waals surface area contributed by atoms with Crippen LogP contribution >= 0.6 is 0 Å². The van der Waals surface area contributed by atoms with Gasteiger partial charge in [0.25, 0.3) is 5.91 Å². The van der Waals surface area contributed by atoms with Crippen molar-refractivity contribution in [3.05, 3.63) is 59.4 Å². The molecule has 0 unspecified atom stereocenters. The summed E-state index contributed by atoms with van der Waals surface area (Å²) in [6.07, 6.45) is 4.25. The number of fused-ring (bicyclic) bond motifs is 1. The van der Waals surface area contributed by atoms with Crippen molar-refractivity contribution in [1.29, 1.82) is 0 Å². The van der Waals surface area contributed by atoms with Crippen LogP contribution in [0, 0.1) is 5.92 Å². The zero-order chi connectivity index (χ0) is 21.8. The van der Waals surface area contributed by atoms with Crippen LogP contribution in [0.2, 0.25) is 0 Å². The predicted molar refractivity (Wildman–Crippen MR) is 123 cm³/mol. The van der Waals surface area contributed by atoms with Crippen LogP contribution in [-0.2, 0) is 17.6 Å². The molecule has 2 aromatic carbocycles. The fraction of sp³-hybridized carbons (Fsp3) is 0.400. The number of aromatic amines is 1. The molecule has 1 aliphatic heterocycles. The highest BCUT2D eigenvalue weighted by Crippen LogP contribution is 2.21. The van der Waals surface area contributed by atoms with Gasteiger partial charge in [0.1, 0.15) is 5.82 Å². The van der Waals surface area contributed by atoms with E-state index in [-0.39, 0.29) is 11.8 Å². The number of hydrogen-bond acceptors (Lipinski definition) is 3. The first kappa shape index (κ1) is 21.1. The first-order chi connectivity index (χ1) is 15.0. The summed E-state index contributed by atoms with van der Waals surface area (Å²) in [6, 6.07) is 13.7. The van der Waals surface area contributed by atoms with Crippen molar-refractivity contribution < 1.29 is 9.59 Å².